The van der Waals surface area contributed by atoms with Crippen LogP contribution in [0.5, 0.6) is 0 Å². The van der Waals surface area contributed by atoms with Crippen LogP contribution in [-0.2, 0) is 6.42 Å². The number of pyridine rings is 2. The third kappa shape index (κ3) is 2.46. The van der Waals surface area contributed by atoms with Gasteiger partial charge >= 0.3 is 5.69 Å². The maximum atomic E-state index is 10.6. The molecule has 92 valence electrons. The highest BCUT2D eigenvalue weighted by molar-refractivity contribution is 6.31. The van der Waals surface area contributed by atoms with Gasteiger partial charge in [-0.05, 0) is 24.6 Å². The summed E-state index contributed by atoms with van der Waals surface area (Å²) in [6.45, 7) is 2.00. The summed E-state index contributed by atoms with van der Waals surface area (Å²) in [5.74, 6) is 0. The van der Waals surface area contributed by atoms with Crippen LogP contribution in [0.3, 0.4) is 0 Å². The second-order valence-corrected chi connectivity index (χ2v) is 4.01. The average molecular weight is 264 g/mol. The van der Waals surface area contributed by atoms with Crippen molar-refractivity contribution < 1.29 is 4.92 Å². The first-order valence-corrected chi connectivity index (χ1v) is 5.76. The van der Waals surface area contributed by atoms with Crippen LogP contribution < -0.4 is 0 Å². The van der Waals surface area contributed by atoms with Crippen LogP contribution >= 0.6 is 11.6 Å². The highest BCUT2D eigenvalue weighted by atomic mass is 35.5. The minimum absolute atomic E-state index is 0.104. The molecular formula is C12H10ClN3O2. The van der Waals surface area contributed by atoms with Gasteiger partial charge in [0.2, 0.25) is 5.15 Å². The Morgan fingerprint density at radius 3 is 2.78 bits per heavy atom. The first-order valence-electron chi connectivity index (χ1n) is 5.38. The molecule has 0 saturated carbocycles. The number of rotatable bonds is 3. The van der Waals surface area contributed by atoms with Crippen molar-refractivity contribution in [3.8, 4) is 11.3 Å². The summed E-state index contributed by atoms with van der Waals surface area (Å²) in [6, 6.07) is 6.63. The Labute approximate surface area is 109 Å². The summed E-state index contributed by atoms with van der Waals surface area (Å²) >= 11 is 5.78. The summed E-state index contributed by atoms with van der Waals surface area (Å²) in [7, 11) is 0. The van der Waals surface area contributed by atoms with Crippen molar-refractivity contribution in [1.82, 2.24) is 9.97 Å². The molecule has 0 N–H and O–H groups in total. The fraction of sp³-hybridized carbons (Fsp3) is 0.167. The van der Waals surface area contributed by atoms with E-state index in [1.165, 1.54) is 6.07 Å². The van der Waals surface area contributed by atoms with E-state index < -0.39 is 4.92 Å². The zero-order chi connectivity index (χ0) is 13.1. The van der Waals surface area contributed by atoms with Gasteiger partial charge in [-0.3, -0.25) is 15.1 Å². The van der Waals surface area contributed by atoms with E-state index in [1.807, 2.05) is 13.0 Å². The van der Waals surface area contributed by atoms with E-state index in [4.69, 9.17) is 11.6 Å². The lowest BCUT2D eigenvalue weighted by atomic mass is 10.1. The Morgan fingerprint density at radius 1 is 1.39 bits per heavy atom. The molecule has 2 aromatic heterocycles. The molecule has 2 aromatic rings. The van der Waals surface area contributed by atoms with Crippen LogP contribution in [-0.4, -0.2) is 14.9 Å². The van der Waals surface area contributed by atoms with Crippen LogP contribution in [0.1, 0.15) is 12.6 Å². The van der Waals surface area contributed by atoms with Crippen molar-refractivity contribution >= 4 is 17.3 Å². The molecule has 0 aromatic carbocycles. The third-order valence-corrected chi connectivity index (χ3v) is 2.78. The van der Waals surface area contributed by atoms with Gasteiger partial charge in [0, 0.05) is 23.5 Å². The Bertz CT molecular complexity index is 602. The van der Waals surface area contributed by atoms with E-state index in [9.17, 15) is 10.1 Å². The van der Waals surface area contributed by atoms with E-state index in [0.29, 0.717) is 5.69 Å². The van der Waals surface area contributed by atoms with Gasteiger partial charge in [0.05, 0.1) is 10.6 Å². The number of aromatic nitrogens is 2. The van der Waals surface area contributed by atoms with Gasteiger partial charge in [-0.1, -0.05) is 18.5 Å². The Morgan fingerprint density at radius 2 is 2.17 bits per heavy atom. The fourth-order valence-electron chi connectivity index (χ4n) is 1.55. The molecular weight excluding hydrogens is 254 g/mol. The molecule has 6 heteroatoms. The van der Waals surface area contributed by atoms with Crippen molar-refractivity contribution in [3.05, 3.63) is 51.4 Å². The molecule has 0 saturated heterocycles. The SMILES string of the molecule is CCc1cc(-c2ccc([N+](=O)[O-])c(Cl)n2)ccn1. The second kappa shape index (κ2) is 5.10. The molecule has 0 radical (unpaired) electrons. The number of halogens is 1. The quantitative estimate of drug-likeness (QED) is 0.484. The number of hydrogen-bond acceptors (Lipinski definition) is 4. The lowest BCUT2D eigenvalue weighted by Gasteiger charge is -2.03. The third-order valence-electron chi connectivity index (χ3n) is 2.50. The van der Waals surface area contributed by atoms with Gasteiger partial charge in [0.1, 0.15) is 0 Å². The Hall–Kier alpha value is -2.01. The first kappa shape index (κ1) is 12.4. The molecule has 0 spiro atoms. The van der Waals surface area contributed by atoms with Crippen LogP contribution in [0, 0.1) is 10.1 Å². The summed E-state index contributed by atoms with van der Waals surface area (Å²) in [5.41, 5.74) is 2.19. The zero-order valence-corrected chi connectivity index (χ0v) is 10.4. The van der Waals surface area contributed by atoms with E-state index in [0.717, 1.165) is 17.7 Å². The first-order chi connectivity index (χ1) is 8.61. The van der Waals surface area contributed by atoms with Gasteiger partial charge < -0.3 is 0 Å². The highest BCUT2D eigenvalue weighted by Gasteiger charge is 2.14. The highest BCUT2D eigenvalue weighted by Crippen LogP contribution is 2.26. The molecule has 0 unspecified atom stereocenters. The van der Waals surface area contributed by atoms with E-state index in [2.05, 4.69) is 9.97 Å². The zero-order valence-electron chi connectivity index (χ0n) is 9.63. The molecule has 0 atom stereocenters. The molecule has 2 heterocycles. The van der Waals surface area contributed by atoms with Crippen LogP contribution in [0.2, 0.25) is 5.15 Å². The van der Waals surface area contributed by atoms with Crippen molar-refractivity contribution in [1.29, 1.82) is 0 Å². The Kier molecular flexibility index (Phi) is 3.53. The normalized spacial score (nSPS) is 10.3. The minimum atomic E-state index is -0.552. The van der Waals surface area contributed by atoms with E-state index in [1.54, 1.807) is 18.3 Å². The number of nitrogens with zero attached hydrogens (tertiary/aromatic N) is 3. The van der Waals surface area contributed by atoms with Crippen LogP contribution in [0.25, 0.3) is 11.3 Å². The van der Waals surface area contributed by atoms with Gasteiger partial charge in [0.15, 0.2) is 0 Å². The minimum Gasteiger partial charge on any atom is -0.261 e. The largest absolute Gasteiger partial charge is 0.306 e. The lowest BCUT2D eigenvalue weighted by Crippen LogP contribution is -1.94. The second-order valence-electron chi connectivity index (χ2n) is 3.65. The van der Waals surface area contributed by atoms with Gasteiger partial charge in [-0.15, -0.1) is 0 Å². The van der Waals surface area contributed by atoms with Crippen molar-refractivity contribution in [2.75, 3.05) is 0 Å². The summed E-state index contributed by atoms with van der Waals surface area (Å²) in [6.07, 6.45) is 2.50. The topological polar surface area (TPSA) is 68.9 Å². The molecule has 18 heavy (non-hydrogen) atoms. The number of hydrogen-bond donors (Lipinski definition) is 0. The predicted molar refractivity (Wildman–Crippen MR) is 68.5 cm³/mol. The molecule has 0 aliphatic heterocycles. The smallest absolute Gasteiger partial charge is 0.261 e. The van der Waals surface area contributed by atoms with Crippen LogP contribution in [0.4, 0.5) is 5.69 Å². The van der Waals surface area contributed by atoms with Crippen molar-refractivity contribution in [2.24, 2.45) is 0 Å². The molecule has 0 fully saturated rings. The predicted octanol–water partition coefficient (Wildman–Crippen LogP) is 3.27. The van der Waals surface area contributed by atoms with Crippen molar-refractivity contribution in [3.63, 3.8) is 0 Å². The number of aryl methyl sites for hydroxylation is 1. The van der Waals surface area contributed by atoms with Gasteiger partial charge in [-0.25, -0.2) is 4.98 Å². The Balaban J connectivity index is 2.45. The van der Waals surface area contributed by atoms with Crippen LogP contribution in [0.15, 0.2) is 30.5 Å². The fourth-order valence-corrected chi connectivity index (χ4v) is 1.78. The standard InChI is InChI=1S/C12H10ClN3O2/c1-2-9-7-8(5-6-14-9)10-3-4-11(16(17)18)12(13)15-10/h3-7H,2H2,1H3. The summed E-state index contributed by atoms with van der Waals surface area (Å²) in [5, 5.41) is 10.5. The molecule has 2 rings (SSSR count). The van der Waals surface area contributed by atoms with E-state index >= 15 is 0 Å². The maximum absolute atomic E-state index is 10.6. The average Bonchev–Trinajstić information content (AvgIpc) is 2.38. The molecule has 0 aliphatic carbocycles. The summed E-state index contributed by atoms with van der Waals surface area (Å²) < 4.78 is 0. The number of nitro groups is 1. The van der Waals surface area contributed by atoms with Crippen molar-refractivity contribution in [2.45, 2.75) is 13.3 Å². The molecule has 0 amide bonds. The van der Waals surface area contributed by atoms with Gasteiger partial charge in [0.25, 0.3) is 0 Å². The van der Waals surface area contributed by atoms with E-state index in [-0.39, 0.29) is 10.8 Å². The van der Waals surface area contributed by atoms with Gasteiger partial charge in [-0.2, -0.15) is 0 Å². The monoisotopic (exact) mass is 263 g/mol. The maximum Gasteiger partial charge on any atom is 0.306 e. The molecule has 0 aliphatic rings. The lowest BCUT2D eigenvalue weighted by molar-refractivity contribution is -0.385. The summed E-state index contributed by atoms with van der Waals surface area (Å²) in [4.78, 5) is 18.3. The molecule has 0 bridgehead atoms. The molecule has 5 nitrogen and oxygen atoms in total.